The molecule has 36 heavy (non-hydrogen) atoms. The van der Waals surface area contributed by atoms with Crippen LogP contribution in [0.5, 0.6) is 5.75 Å². The molecule has 2 aromatic rings. The van der Waals surface area contributed by atoms with E-state index in [-0.39, 0.29) is 34.1 Å². The normalized spacial score (nSPS) is 23.4. The van der Waals surface area contributed by atoms with Crippen LogP contribution in [0.1, 0.15) is 86.0 Å². The summed E-state index contributed by atoms with van der Waals surface area (Å²) in [6.07, 6.45) is 4.36. The summed E-state index contributed by atoms with van der Waals surface area (Å²) in [5.41, 5.74) is 7.23. The molecule has 0 bridgehead atoms. The predicted octanol–water partition coefficient (Wildman–Crippen LogP) is 7.15. The average molecular weight is 518 g/mol. The molecule has 0 aliphatic carbocycles. The number of phenols is 1. The Balaban J connectivity index is 1.72. The van der Waals surface area contributed by atoms with E-state index in [1.807, 2.05) is 31.2 Å². The molecule has 0 aromatic heterocycles. The van der Waals surface area contributed by atoms with E-state index < -0.39 is 6.29 Å². The zero-order valence-corrected chi connectivity index (χ0v) is 24.4. The fourth-order valence-corrected chi connectivity index (χ4v) is 6.77. The summed E-state index contributed by atoms with van der Waals surface area (Å²) < 4.78 is 18.6. The summed E-state index contributed by atoms with van der Waals surface area (Å²) in [4.78, 5) is 0. The van der Waals surface area contributed by atoms with Crippen LogP contribution in [0.15, 0.2) is 36.4 Å². The maximum Gasteiger partial charge on any atom is 0.188 e. The maximum absolute atomic E-state index is 10.8. The number of aromatic hydroxyl groups is 1. The lowest BCUT2D eigenvalue weighted by molar-refractivity contribution is -0.253. The Kier molecular flexibility index (Phi) is 9.85. The molecule has 0 radical (unpaired) electrons. The van der Waals surface area contributed by atoms with Gasteiger partial charge in [0.05, 0.1) is 17.8 Å². The second-order valence-corrected chi connectivity index (χ2v) is 13.9. The summed E-state index contributed by atoms with van der Waals surface area (Å²) in [6, 6.07) is 11.8. The topological polar surface area (TPSA) is 73.9 Å². The first kappa shape index (κ1) is 29.3. The Morgan fingerprint density at radius 3 is 2.44 bits per heavy atom. The van der Waals surface area contributed by atoms with Gasteiger partial charge in [0, 0.05) is 30.3 Å². The van der Waals surface area contributed by atoms with Crippen LogP contribution in [0.3, 0.4) is 0 Å². The fourth-order valence-electron chi connectivity index (χ4n) is 4.96. The van der Waals surface area contributed by atoms with Crippen LogP contribution in [0.4, 0.5) is 0 Å². The van der Waals surface area contributed by atoms with Crippen LogP contribution in [0.25, 0.3) is 10.8 Å². The van der Waals surface area contributed by atoms with Crippen molar-refractivity contribution in [1.82, 2.24) is 0 Å². The van der Waals surface area contributed by atoms with Crippen LogP contribution in [0, 0.1) is 5.41 Å². The molecule has 1 fully saturated rings. The van der Waals surface area contributed by atoms with Crippen LogP contribution in [0.2, 0.25) is 0 Å². The molecule has 3 N–H and O–H groups in total. The molecule has 202 valence electrons. The van der Waals surface area contributed by atoms with Crippen molar-refractivity contribution in [3.8, 4) is 5.75 Å². The van der Waals surface area contributed by atoms with Gasteiger partial charge in [-0.3, -0.25) is 0 Å². The third kappa shape index (κ3) is 6.79. The smallest absolute Gasteiger partial charge is 0.188 e. The molecule has 5 nitrogen and oxygen atoms in total. The quantitative estimate of drug-likeness (QED) is 0.231. The molecule has 0 saturated carbocycles. The highest BCUT2D eigenvalue weighted by molar-refractivity contribution is 7.40. The molecular weight excluding hydrogens is 469 g/mol. The molecule has 1 aliphatic rings. The van der Waals surface area contributed by atoms with Crippen molar-refractivity contribution < 1.29 is 19.3 Å². The monoisotopic (exact) mass is 517 g/mol. The molecule has 5 atom stereocenters. The maximum atomic E-state index is 10.8. The summed E-state index contributed by atoms with van der Waals surface area (Å²) in [5, 5.41) is 12.9. The minimum absolute atomic E-state index is 0.00689. The van der Waals surface area contributed by atoms with Gasteiger partial charge in [0.15, 0.2) is 6.29 Å². The van der Waals surface area contributed by atoms with E-state index >= 15 is 0 Å². The van der Waals surface area contributed by atoms with Crippen molar-refractivity contribution in [3.63, 3.8) is 0 Å². The Labute approximate surface area is 220 Å². The molecule has 5 unspecified atom stereocenters. The van der Waals surface area contributed by atoms with E-state index in [1.54, 1.807) is 6.07 Å². The number of hydrogen-bond donors (Lipinski definition) is 2. The molecule has 0 amide bonds. The fraction of sp³-hybridized carbons (Fsp3) is 0.667. The number of phenolic OH excluding ortho intramolecular Hbond substituents is 1. The van der Waals surface area contributed by atoms with Crippen molar-refractivity contribution in [3.05, 3.63) is 42.0 Å². The van der Waals surface area contributed by atoms with Crippen LogP contribution >= 0.6 is 8.58 Å². The van der Waals surface area contributed by atoms with Gasteiger partial charge >= 0.3 is 0 Å². The number of hydrogen-bond acceptors (Lipinski definition) is 5. The Bertz CT molecular complexity index is 990. The average Bonchev–Trinajstić information content (AvgIpc) is 2.83. The van der Waals surface area contributed by atoms with Crippen molar-refractivity contribution >= 4 is 19.4 Å². The number of rotatable bonds is 12. The molecule has 1 heterocycles. The SMILES string of the molecule is CCOCCC(C)(N)C(C)(C)CCPC(C)(C)C1CC(CC)OC(c2c(O)ccc3ccccc23)O1. The lowest BCUT2D eigenvalue weighted by Gasteiger charge is -2.45. The van der Waals surface area contributed by atoms with E-state index in [2.05, 4.69) is 47.6 Å². The summed E-state index contributed by atoms with van der Waals surface area (Å²) in [7, 11) is 0.732. The summed E-state index contributed by atoms with van der Waals surface area (Å²) in [5.74, 6) is 0.227. The number of nitrogens with two attached hydrogens (primary N) is 1. The molecule has 2 aromatic carbocycles. The first-order valence-corrected chi connectivity index (χ1v) is 14.8. The minimum Gasteiger partial charge on any atom is -0.507 e. The highest BCUT2D eigenvalue weighted by Crippen LogP contribution is 2.47. The first-order chi connectivity index (χ1) is 16.9. The summed E-state index contributed by atoms with van der Waals surface area (Å²) >= 11 is 0. The van der Waals surface area contributed by atoms with Crippen LogP contribution in [-0.2, 0) is 14.2 Å². The van der Waals surface area contributed by atoms with Gasteiger partial charge in [0.2, 0.25) is 0 Å². The van der Waals surface area contributed by atoms with Gasteiger partial charge in [-0.15, -0.1) is 8.58 Å². The van der Waals surface area contributed by atoms with Gasteiger partial charge in [-0.05, 0) is 61.5 Å². The molecule has 0 spiro atoms. The van der Waals surface area contributed by atoms with Gasteiger partial charge in [0.25, 0.3) is 0 Å². The Morgan fingerprint density at radius 2 is 1.75 bits per heavy atom. The zero-order chi connectivity index (χ0) is 26.6. The molecule has 1 saturated heterocycles. The van der Waals surface area contributed by atoms with E-state index in [4.69, 9.17) is 19.9 Å². The van der Waals surface area contributed by atoms with Gasteiger partial charge < -0.3 is 25.1 Å². The second kappa shape index (κ2) is 12.1. The lowest BCUT2D eigenvalue weighted by atomic mass is 9.70. The van der Waals surface area contributed by atoms with Crippen molar-refractivity contribution in [1.29, 1.82) is 0 Å². The van der Waals surface area contributed by atoms with Crippen molar-refractivity contribution in [2.45, 2.75) is 103 Å². The number of benzene rings is 2. The highest BCUT2D eigenvalue weighted by atomic mass is 31.1. The molecule has 1 aliphatic heterocycles. The second-order valence-electron chi connectivity index (χ2n) is 11.7. The van der Waals surface area contributed by atoms with Crippen LogP contribution < -0.4 is 5.73 Å². The van der Waals surface area contributed by atoms with Gasteiger partial charge in [-0.1, -0.05) is 65.0 Å². The standard InChI is InChI=1S/C30H48NO4P/c1-8-22-20-25(29(5,6)36-19-17-28(3,4)30(7,31)16-18-33-9-2)35-27(34-22)26-23-13-11-10-12-21(23)14-15-24(26)32/h10-15,22,25,27,32,36H,8-9,16-20,31H2,1-7H3. The van der Waals surface area contributed by atoms with E-state index in [0.29, 0.717) is 6.61 Å². The zero-order valence-electron chi connectivity index (χ0n) is 23.4. The molecule has 6 heteroatoms. The largest absolute Gasteiger partial charge is 0.507 e. The Morgan fingerprint density at radius 1 is 1.03 bits per heavy atom. The van der Waals surface area contributed by atoms with Crippen LogP contribution in [-0.4, -0.2) is 47.4 Å². The molecule has 3 rings (SSSR count). The van der Waals surface area contributed by atoms with Crippen molar-refractivity contribution in [2.24, 2.45) is 11.1 Å². The van der Waals surface area contributed by atoms with Gasteiger partial charge in [-0.2, -0.15) is 0 Å². The number of ether oxygens (including phenoxy) is 3. The van der Waals surface area contributed by atoms with E-state index in [9.17, 15) is 5.11 Å². The number of fused-ring (bicyclic) bond motifs is 1. The Hall–Kier alpha value is -1.23. The highest BCUT2D eigenvalue weighted by Gasteiger charge is 2.41. The summed E-state index contributed by atoms with van der Waals surface area (Å²) in [6.45, 7) is 17.0. The third-order valence-electron chi connectivity index (χ3n) is 8.37. The first-order valence-electron chi connectivity index (χ1n) is 13.5. The minimum atomic E-state index is -0.578. The third-order valence-corrected chi connectivity index (χ3v) is 10.1. The molecular formula is C30H48NO4P. The van der Waals surface area contributed by atoms with E-state index in [1.165, 1.54) is 0 Å². The lowest BCUT2D eigenvalue weighted by Crippen LogP contribution is -2.51. The van der Waals surface area contributed by atoms with Gasteiger partial charge in [0.1, 0.15) is 5.75 Å². The van der Waals surface area contributed by atoms with Crippen molar-refractivity contribution in [2.75, 3.05) is 19.4 Å². The predicted molar refractivity (Wildman–Crippen MR) is 152 cm³/mol. The van der Waals surface area contributed by atoms with Gasteiger partial charge in [-0.25, -0.2) is 0 Å². The van der Waals surface area contributed by atoms with E-state index in [0.717, 1.165) is 63.4 Å².